The molecule has 0 spiro atoms. The number of rotatable bonds is 4. The van der Waals surface area contributed by atoms with Crippen LogP contribution in [0.4, 0.5) is 0 Å². The number of H-pyrrole nitrogens is 1. The van der Waals surface area contributed by atoms with Gasteiger partial charge in [0.15, 0.2) is 0 Å². The molecule has 0 saturated carbocycles. The summed E-state index contributed by atoms with van der Waals surface area (Å²) < 4.78 is 4.95. The molecule has 1 heterocycles. The minimum absolute atomic E-state index is 0.108. The van der Waals surface area contributed by atoms with Gasteiger partial charge in [-0.2, -0.15) is 0 Å². The third kappa shape index (κ3) is 2.34. The first-order valence-electron chi connectivity index (χ1n) is 4.81. The van der Waals surface area contributed by atoms with Crippen LogP contribution in [0, 0.1) is 5.92 Å². The van der Waals surface area contributed by atoms with Crippen LogP contribution in [0.1, 0.15) is 32.4 Å². The Kier molecular flexibility index (Phi) is 3.68. The van der Waals surface area contributed by atoms with Gasteiger partial charge in [0, 0.05) is 17.8 Å². The van der Waals surface area contributed by atoms with Gasteiger partial charge >= 0.3 is 5.97 Å². The van der Waals surface area contributed by atoms with E-state index < -0.39 is 0 Å². The molecule has 14 heavy (non-hydrogen) atoms. The van der Waals surface area contributed by atoms with Gasteiger partial charge in [0.1, 0.15) is 0 Å². The maximum atomic E-state index is 11.4. The summed E-state index contributed by atoms with van der Waals surface area (Å²) in [7, 11) is 0. The molecule has 4 heteroatoms. The molecule has 0 fully saturated rings. The molecule has 1 aromatic rings. The minimum atomic E-state index is -0.158. The average Bonchev–Trinajstić information content (AvgIpc) is 2.68. The molecule has 0 unspecified atom stereocenters. The van der Waals surface area contributed by atoms with Gasteiger partial charge in [-0.3, -0.25) is 4.79 Å². The van der Waals surface area contributed by atoms with Crippen molar-refractivity contribution in [3.8, 4) is 0 Å². The van der Waals surface area contributed by atoms with Crippen LogP contribution in [-0.4, -0.2) is 22.5 Å². The van der Waals surface area contributed by atoms with Gasteiger partial charge in [-0.25, -0.2) is 4.98 Å². The second kappa shape index (κ2) is 4.79. The second-order valence-electron chi connectivity index (χ2n) is 3.34. The van der Waals surface area contributed by atoms with E-state index in [0.717, 1.165) is 5.69 Å². The van der Waals surface area contributed by atoms with Crippen LogP contribution < -0.4 is 0 Å². The van der Waals surface area contributed by atoms with Crippen molar-refractivity contribution in [2.24, 2.45) is 5.92 Å². The molecule has 0 radical (unpaired) electrons. The lowest BCUT2D eigenvalue weighted by molar-refractivity contribution is -0.148. The topological polar surface area (TPSA) is 55.0 Å². The molecule has 0 saturated heterocycles. The zero-order valence-electron chi connectivity index (χ0n) is 8.78. The number of nitrogens with one attached hydrogen (secondary N) is 1. The van der Waals surface area contributed by atoms with Crippen LogP contribution in [0.25, 0.3) is 0 Å². The molecule has 0 aliphatic carbocycles. The van der Waals surface area contributed by atoms with Gasteiger partial charge in [-0.15, -0.1) is 0 Å². The van der Waals surface area contributed by atoms with Gasteiger partial charge in [0.25, 0.3) is 0 Å². The molecule has 1 aromatic heterocycles. The highest BCUT2D eigenvalue weighted by Gasteiger charge is 2.23. The highest BCUT2D eigenvalue weighted by Crippen LogP contribution is 2.22. The van der Waals surface area contributed by atoms with E-state index >= 15 is 0 Å². The fraction of sp³-hybridized carbons (Fsp3) is 0.600. The standard InChI is InChI=1S/C10H16N2O2/c1-4-14-10(13)8(3)7(2)9-5-11-6-12-9/h5-8H,4H2,1-3H3,(H,11,12)/t7-,8+/m0/s1. The summed E-state index contributed by atoms with van der Waals surface area (Å²) in [6, 6.07) is 0. The van der Waals surface area contributed by atoms with E-state index in [0.29, 0.717) is 6.61 Å². The molecule has 1 rings (SSSR count). The van der Waals surface area contributed by atoms with Crippen molar-refractivity contribution in [2.75, 3.05) is 6.61 Å². The number of aromatic amines is 1. The van der Waals surface area contributed by atoms with Crippen LogP contribution in [-0.2, 0) is 9.53 Å². The number of carbonyl (C=O) groups is 1. The lowest BCUT2D eigenvalue weighted by Gasteiger charge is -2.16. The monoisotopic (exact) mass is 196 g/mol. The predicted molar refractivity (Wildman–Crippen MR) is 52.8 cm³/mol. The van der Waals surface area contributed by atoms with Crippen LogP contribution in [0.3, 0.4) is 0 Å². The van der Waals surface area contributed by atoms with Crippen molar-refractivity contribution in [1.29, 1.82) is 0 Å². The molecule has 1 N–H and O–H groups in total. The summed E-state index contributed by atoms with van der Waals surface area (Å²) in [6.45, 7) is 6.09. The van der Waals surface area contributed by atoms with Crippen molar-refractivity contribution in [3.63, 3.8) is 0 Å². The SMILES string of the molecule is CCOC(=O)[C@H](C)[C@H](C)c1cnc[nH]1. The lowest BCUT2D eigenvalue weighted by Crippen LogP contribution is -2.20. The normalized spacial score (nSPS) is 14.8. The Balaban J connectivity index is 2.61. The number of carbonyl (C=O) groups excluding carboxylic acids is 1. The van der Waals surface area contributed by atoms with E-state index in [4.69, 9.17) is 4.74 Å². The third-order valence-electron chi connectivity index (χ3n) is 2.42. The smallest absolute Gasteiger partial charge is 0.309 e. The van der Waals surface area contributed by atoms with Crippen molar-refractivity contribution in [3.05, 3.63) is 18.2 Å². The van der Waals surface area contributed by atoms with Gasteiger partial charge in [0.2, 0.25) is 0 Å². The number of aromatic nitrogens is 2. The van der Waals surface area contributed by atoms with Crippen LogP contribution in [0.15, 0.2) is 12.5 Å². The summed E-state index contributed by atoms with van der Waals surface area (Å²) >= 11 is 0. The molecule has 78 valence electrons. The van der Waals surface area contributed by atoms with Gasteiger partial charge < -0.3 is 9.72 Å². The zero-order chi connectivity index (χ0) is 10.6. The van der Waals surface area contributed by atoms with E-state index in [1.807, 2.05) is 20.8 Å². The van der Waals surface area contributed by atoms with Crippen molar-refractivity contribution in [2.45, 2.75) is 26.7 Å². The number of nitrogens with zero attached hydrogens (tertiary/aromatic N) is 1. The van der Waals surface area contributed by atoms with Gasteiger partial charge in [0.05, 0.1) is 18.9 Å². The molecule has 0 aromatic carbocycles. The summed E-state index contributed by atoms with van der Waals surface area (Å²) in [5, 5.41) is 0. The molecule has 0 amide bonds. The Morgan fingerprint density at radius 1 is 1.64 bits per heavy atom. The molecule has 0 bridgehead atoms. The summed E-state index contributed by atoms with van der Waals surface area (Å²) in [5.74, 6) is -0.193. The summed E-state index contributed by atoms with van der Waals surface area (Å²) in [5.41, 5.74) is 0.963. The van der Waals surface area contributed by atoms with E-state index in [-0.39, 0.29) is 17.8 Å². The Bertz CT molecular complexity index is 282. The highest BCUT2D eigenvalue weighted by atomic mass is 16.5. The van der Waals surface area contributed by atoms with Gasteiger partial charge in [-0.1, -0.05) is 13.8 Å². The molecular weight excluding hydrogens is 180 g/mol. The fourth-order valence-corrected chi connectivity index (χ4v) is 1.26. The second-order valence-corrected chi connectivity index (χ2v) is 3.34. The largest absolute Gasteiger partial charge is 0.466 e. The Labute approximate surface area is 83.7 Å². The first kappa shape index (κ1) is 10.8. The molecule has 4 nitrogen and oxygen atoms in total. The minimum Gasteiger partial charge on any atom is -0.466 e. The van der Waals surface area contributed by atoms with E-state index in [1.165, 1.54) is 0 Å². The van der Waals surface area contributed by atoms with Crippen LogP contribution in [0.5, 0.6) is 0 Å². The Morgan fingerprint density at radius 2 is 2.36 bits per heavy atom. The number of hydrogen-bond donors (Lipinski definition) is 1. The fourth-order valence-electron chi connectivity index (χ4n) is 1.26. The van der Waals surface area contributed by atoms with E-state index in [2.05, 4.69) is 9.97 Å². The maximum Gasteiger partial charge on any atom is 0.309 e. The number of esters is 1. The van der Waals surface area contributed by atoms with Crippen molar-refractivity contribution >= 4 is 5.97 Å². The lowest BCUT2D eigenvalue weighted by atomic mass is 9.93. The molecular formula is C10H16N2O2. The Hall–Kier alpha value is -1.32. The predicted octanol–water partition coefficient (Wildman–Crippen LogP) is 1.71. The maximum absolute atomic E-state index is 11.4. The first-order chi connectivity index (χ1) is 6.66. The number of ether oxygens (including phenoxy) is 1. The quantitative estimate of drug-likeness (QED) is 0.746. The molecule has 0 aliphatic rings. The Morgan fingerprint density at radius 3 is 2.86 bits per heavy atom. The zero-order valence-corrected chi connectivity index (χ0v) is 8.78. The average molecular weight is 196 g/mol. The van der Waals surface area contributed by atoms with E-state index in [1.54, 1.807) is 12.5 Å². The summed E-state index contributed by atoms with van der Waals surface area (Å²) in [6.07, 6.45) is 3.35. The summed E-state index contributed by atoms with van der Waals surface area (Å²) in [4.78, 5) is 18.3. The first-order valence-corrected chi connectivity index (χ1v) is 4.81. The van der Waals surface area contributed by atoms with Gasteiger partial charge in [-0.05, 0) is 6.92 Å². The van der Waals surface area contributed by atoms with Crippen molar-refractivity contribution in [1.82, 2.24) is 9.97 Å². The molecule has 2 atom stereocenters. The van der Waals surface area contributed by atoms with E-state index in [9.17, 15) is 4.79 Å². The third-order valence-corrected chi connectivity index (χ3v) is 2.42. The molecule has 0 aliphatic heterocycles. The number of hydrogen-bond acceptors (Lipinski definition) is 3. The van der Waals surface area contributed by atoms with Crippen LogP contribution >= 0.6 is 0 Å². The highest BCUT2D eigenvalue weighted by molar-refractivity contribution is 5.73. The van der Waals surface area contributed by atoms with Crippen LogP contribution in [0.2, 0.25) is 0 Å². The number of imidazole rings is 1. The van der Waals surface area contributed by atoms with Crippen molar-refractivity contribution < 1.29 is 9.53 Å².